The van der Waals surface area contributed by atoms with Gasteiger partial charge in [0, 0.05) is 6.07 Å². The normalized spacial score (nSPS) is 16.1. The van der Waals surface area contributed by atoms with Crippen molar-refractivity contribution in [3.05, 3.63) is 40.8 Å². The van der Waals surface area contributed by atoms with Gasteiger partial charge in [-0.25, -0.2) is 4.99 Å². The van der Waals surface area contributed by atoms with E-state index in [0.29, 0.717) is 32.8 Å². The van der Waals surface area contributed by atoms with Gasteiger partial charge in [-0.3, -0.25) is 4.79 Å². The van der Waals surface area contributed by atoms with Crippen molar-refractivity contribution < 1.29 is 28.8 Å². The summed E-state index contributed by atoms with van der Waals surface area (Å²) in [5, 5.41) is 13.2. The molecule has 3 rings (SSSR count). The first kappa shape index (κ1) is 20.4. The highest BCUT2D eigenvalue weighted by Crippen LogP contribution is 2.39. The predicted octanol–water partition coefficient (Wildman–Crippen LogP) is 3.32. The molecule has 0 unspecified atom stereocenters. The molecule has 1 amide bonds. The van der Waals surface area contributed by atoms with Crippen LogP contribution in [0.15, 0.2) is 40.2 Å². The number of phenols is 1. The second kappa shape index (κ2) is 8.78. The highest BCUT2D eigenvalue weighted by atomic mass is 32.2. The molecular formula is C20H20N2O6S. The molecule has 9 heteroatoms. The number of rotatable bonds is 6. The van der Waals surface area contributed by atoms with Crippen LogP contribution in [0, 0.1) is 0 Å². The zero-order valence-corrected chi connectivity index (χ0v) is 17.1. The van der Waals surface area contributed by atoms with Crippen molar-refractivity contribution in [1.29, 1.82) is 0 Å². The van der Waals surface area contributed by atoms with Gasteiger partial charge in [0.25, 0.3) is 5.91 Å². The van der Waals surface area contributed by atoms with Crippen molar-refractivity contribution >= 4 is 34.6 Å². The van der Waals surface area contributed by atoms with Gasteiger partial charge in [0.2, 0.25) is 5.75 Å². The van der Waals surface area contributed by atoms with Crippen LogP contribution in [0.1, 0.15) is 5.56 Å². The molecule has 0 aliphatic carbocycles. The molecule has 8 nitrogen and oxygen atoms in total. The van der Waals surface area contributed by atoms with Gasteiger partial charge >= 0.3 is 0 Å². The number of nitrogens with one attached hydrogen (secondary N) is 1. The number of carbonyl (C=O) groups excluding carboxylic acids is 1. The molecule has 0 atom stereocenters. The Hall–Kier alpha value is -3.33. The van der Waals surface area contributed by atoms with Crippen molar-refractivity contribution in [2.24, 2.45) is 4.99 Å². The lowest BCUT2D eigenvalue weighted by Crippen LogP contribution is -2.19. The molecule has 2 N–H and O–H groups in total. The second-order valence-corrected chi connectivity index (χ2v) is 6.82. The van der Waals surface area contributed by atoms with Crippen LogP contribution in [-0.4, -0.2) is 44.6 Å². The molecule has 1 saturated heterocycles. The van der Waals surface area contributed by atoms with E-state index in [1.807, 2.05) is 0 Å². The van der Waals surface area contributed by atoms with E-state index in [1.165, 1.54) is 33.1 Å². The van der Waals surface area contributed by atoms with Crippen molar-refractivity contribution in [2.75, 3.05) is 28.4 Å². The maximum Gasteiger partial charge on any atom is 0.264 e. The molecule has 0 bridgehead atoms. The second-order valence-electron chi connectivity index (χ2n) is 5.79. The molecule has 1 aliphatic rings. The van der Waals surface area contributed by atoms with Crippen molar-refractivity contribution in [1.82, 2.24) is 5.32 Å². The highest BCUT2D eigenvalue weighted by molar-refractivity contribution is 8.18. The molecule has 2 aromatic carbocycles. The van der Waals surface area contributed by atoms with E-state index in [1.54, 1.807) is 43.5 Å². The summed E-state index contributed by atoms with van der Waals surface area (Å²) in [4.78, 5) is 17.3. The summed E-state index contributed by atoms with van der Waals surface area (Å²) in [5.74, 6) is 1.27. The molecule has 0 spiro atoms. The zero-order valence-electron chi connectivity index (χ0n) is 16.3. The summed E-state index contributed by atoms with van der Waals surface area (Å²) in [6.07, 6.45) is 1.66. The Morgan fingerprint density at radius 2 is 1.62 bits per heavy atom. The molecule has 29 heavy (non-hydrogen) atoms. The minimum absolute atomic E-state index is 0.102. The average molecular weight is 416 g/mol. The van der Waals surface area contributed by atoms with Crippen LogP contribution in [0.4, 0.5) is 5.69 Å². The van der Waals surface area contributed by atoms with E-state index in [0.717, 1.165) is 0 Å². The van der Waals surface area contributed by atoms with Crippen LogP contribution in [0.3, 0.4) is 0 Å². The largest absolute Gasteiger partial charge is 0.502 e. The summed E-state index contributed by atoms with van der Waals surface area (Å²) < 4.78 is 20.8. The van der Waals surface area contributed by atoms with Gasteiger partial charge in [-0.05, 0) is 47.7 Å². The summed E-state index contributed by atoms with van der Waals surface area (Å²) in [6.45, 7) is 0. The van der Waals surface area contributed by atoms with Crippen molar-refractivity contribution in [3.8, 4) is 28.7 Å². The first-order valence-electron chi connectivity index (χ1n) is 8.45. The molecule has 1 aliphatic heterocycles. The minimum atomic E-state index is -0.285. The number of aromatic hydroxyl groups is 1. The van der Waals surface area contributed by atoms with Gasteiger partial charge in [0.1, 0.15) is 17.2 Å². The first-order chi connectivity index (χ1) is 14.0. The third kappa shape index (κ3) is 4.40. The van der Waals surface area contributed by atoms with Crippen LogP contribution >= 0.6 is 11.8 Å². The molecule has 2 aromatic rings. The number of benzene rings is 2. The Kier molecular flexibility index (Phi) is 6.18. The van der Waals surface area contributed by atoms with E-state index in [9.17, 15) is 9.90 Å². The Morgan fingerprint density at radius 1 is 0.966 bits per heavy atom. The van der Waals surface area contributed by atoms with Crippen molar-refractivity contribution in [3.63, 3.8) is 0 Å². The Labute approximate surface area is 172 Å². The van der Waals surface area contributed by atoms with E-state index < -0.39 is 0 Å². The molecule has 0 saturated carbocycles. The van der Waals surface area contributed by atoms with Gasteiger partial charge < -0.3 is 29.4 Å². The summed E-state index contributed by atoms with van der Waals surface area (Å²) in [6, 6.07) is 8.44. The third-order valence-corrected chi connectivity index (χ3v) is 4.97. The quantitative estimate of drug-likeness (QED) is 0.697. The van der Waals surface area contributed by atoms with Crippen LogP contribution in [-0.2, 0) is 4.79 Å². The number of aliphatic imine (C=N–C) groups is 1. The number of amidine groups is 1. The predicted molar refractivity (Wildman–Crippen MR) is 112 cm³/mol. The molecular weight excluding hydrogens is 396 g/mol. The van der Waals surface area contributed by atoms with Crippen LogP contribution in [0.25, 0.3) is 6.08 Å². The monoisotopic (exact) mass is 416 g/mol. The standard InChI is InChI=1S/C20H20N2O6S/c1-25-12-5-6-13(14(10-12)26-2)21-20-22-19(24)17(29-20)9-11-7-15(27-3)18(23)16(8-11)28-4/h5-10,23H,1-4H3,(H,21,22,24)/b17-9-. The molecule has 1 fully saturated rings. The number of thioether (sulfide) groups is 1. The topological polar surface area (TPSA) is 98.6 Å². The van der Waals surface area contributed by atoms with Crippen LogP contribution < -0.4 is 24.3 Å². The average Bonchev–Trinajstić information content (AvgIpc) is 3.07. The first-order valence-corrected chi connectivity index (χ1v) is 9.27. The number of methoxy groups -OCH3 is 4. The van der Waals surface area contributed by atoms with Gasteiger partial charge in [-0.1, -0.05) is 0 Å². The maximum absolute atomic E-state index is 12.4. The maximum atomic E-state index is 12.4. The number of hydrogen-bond donors (Lipinski definition) is 2. The van der Waals surface area contributed by atoms with Crippen LogP contribution in [0.2, 0.25) is 0 Å². The van der Waals surface area contributed by atoms with E-state index >= 15 is 0 Å². The van der Waals surface area contributed by atoms with E-state index in [4.69, 9.17) is 18.9 Å². The van der Waals surface area contributed by atoms with Gasteiger partial charge in [0.05, 0.1) is 33.3 Å². The molecule has 1 heterocycles. The van der Waals surface area contributed by atoms with Gasteiger partial charge in [-0.15, -0.1) is 0 Å². The Balaban J connectivity index is 1.90. The lowest BCUT2D eigenvalue weighted by atomic mass is 10.1. The van der Waals surface area contributed by atoms with Gasteiger partial charge in [-0.2, -0.15) is 0 Å². The Bertz CT molecular complexity index is 977. The number of amides is 1. The number of carbonyl (C=O) groups is 1. The fourth-order valence-electron chi connectivity index (χ4n) is 2.62. The molecule has 0 aromatic heterocycles. The highest BCUT2D eigenvalue weighted by Gasteiger charge is 2.25. The number of nitrogens with zero attached hydrogens (tertiary/aromatic N) is 1. The van der Waals surface area contributed by atoms with E-state index in [2.05, 4.69) is 10.3 Å². The van der Waals surface area contributed by atoms with Crippen LogP contribution in [0.5, 0.6) is 28.7 Å². The lowest BCUT2D eigenvalue weighted by Gasteiger charge is -2.09. The Morgan fingerprint density at radius 3 is 2.21 bits per heavy atom. The lowest BCUT2D eigenvalue weighted by molar-refractivity contribution is -0.115. The third-order valence-electron chi connectivity index (χ3n) is 4.06. The zero-order chi connectivity index (χ0) is 21.0. The number of phenolic OH excluding ortho intramolecular Hbond substituents is 1. The molecule has 0 radical (unpaired) electrons. The fraction of sp³-hybridized carbons (Fsp3) is 0.200. The van der Waals surface area contributed by atoms with Gasteiger partial charge in [0.15, 0.2) is 16.7 Å². The smallest absolute Gasteiger partial charge is 0.264 e. The summed E-state index contributed by atoms with van der Waals surface area (Å²) in [5.41, 5.74) is 1.20. The fourth-order valence-corrected chi connectivity index (χ4v) is 3.45. The summed E-state index contributed by atoms with van der Waals surface area (Å²) >= 11 is 1.19. The minimum Gasteiger partial charge on any atom is -0.502 e. The summed E-state index contributed by atoms with van der Waals surface area (Å²) in [7, 11) is 5.98. The molecule has 152 valence electrons. The van der Waals surface area contributed by atoms with Crippen molar-refractivity contribution in [2.45, 2.75) is 0 Å². The number of hydrogen-bond acceptors (Lipinski definition) is 8. The number of ether oxygens (including phenoxy) is 4. The van der Waals surface area contributed by atoms with E-state index in [-0.39, 0.29) is 23.2 Å². The SMILES string of the molecule is COc1ccc(N=C2NC(=O)/C(=C/c3cc(OC)c(O)c(OC)c3)S2)c(OC)c1.